The zero-order valence-electron chi connectivity index (χ0n) is 10.9. The summed E-state index contributed by atoms with van der Waals surface area (Å²) in [5.74, 6) is -0.656. The van der Waals surface area contributed by atoms with Gasteiger partial charge in [-0.2, -0.15) is 0 Å². The van der Waals surface area contributed by atoms with Crippen molar-refractivity contribution in [1.82, 2.24) is 0 Å². The molecule has 5 heteroatoms. The molecule has 0 fully saturated rings. The minimum atomic E-state index is -0.457. The van der Waals surface area contributed by atoms with Gasteiger partial charge >= 0.3 is 0 Å². The van der Waals surface area contributed by atoms with E-state index in [4.69, 9.17) is 10.5 Å². The number of hydrogen-bond acceptors (Lipinski definition) is 2. The van der Waals surface area contributed by atoms with Gasteiger partial charge in [-0.3, -0.25) is 0 Å². The molecule has 2 aromatic carbocycles. The quantitative estimate of drug-likeness (QED) is 0.898. The van der Waals surface area contributed by atoms with Gasteiger partial charge in [-0.25, -0.2) is 8.78 Å². The fourth-order valence-corrected chi connectivity index (χ4v) is 2.13. The Morgan fingerprint density at radius 3 is 2.50 bits per heavy atom. The summed E-state index contributed by atoms with van der Waals surface area (Å²) in [5.41, 5.74) is 7.13. The molecule has 0 saturated heterocycles. The Bertz CT molecular complexity index is 617. The van der Waals surface area contributed by atoms with Crippen molar-refractivity contribution in [2.24, 2.45) is 5.73 Å². The van der Waals surface area contributed by atoms with Crippen molar-refractivity contribution >= 4 is 15.9 Å². The van der Waals surface area contributed by atoms with E-state index in [1.165, 1.54) is 12.1 Å². The maximum absolute atomic E-state index is 13.8. The molecule has 0 aliphatic heterocycles. The van der Waals surface area contributed by atoms with Crippen molar-refractivity contribution in [2.45, 2.75) is 19.6 Å². The van der Waals surface area contributed by atoms with E-state index < -0.39 is 5.82 Å². The summed E-state index contributed by atoms with van der Waals surface area (Å²) in [7, 11) is 0. The Kier molecular flexibility index (Phi) is 4.73. The van der Waals surface area contributed by atoms with Gasteiger partial charge < -0.3 is 10.5 Å². The molecule has 2 N–H and O–H groups in total. The van der Waals surface area contributed by atoms with Crippen molar-refractivity contribution < 1.29 is 13.5 Å². The van der Waals surface area contributed by atoms with E-state index in [2.05, 4.69) is 15.9 Å². The van der Waals surface area contributed by atoms with Gasteiger partial charge in [0, 0.05) is 6.04 Å². The van der Waals surface area contributed by atoms with E-state index in [9.17, 15) is 8.78 Å². The van der Waals surface area contributed by atoms with Crippen LogP contribution in [0.15, 0.2) is 40.9 Å². The van der Waals surface area contributed by atoms with Crippen LogP contribution in [-0.4, -0.2) is 0 Å². The van der Waals surface area contributed by atoms with Crippen LogP contribution in [0, 0.1) is 11.6 Å². The Hall–Kier alpha value is -1.46. The lowest BCUT2D eigenvalue weighted by atomic mass is 10.1. The molecule has 0 saturated carbocycles. The topological polar surface area (TPSA) is 35.2 Å². The molecule has 0 amide bonds. The smallest absolute Gasteiger partial charge is 0.165 e. The van der Waals surface area contributed by atoms with Crippen LogP contribution < -0.4 is 10.5 Å². The Balaban J connectivity index is 2.09. The Labute approximate surface area is 124 Å². The number of nitrogens with two attached hydrogens (primary N) is 1. The van der Waals surface area contributed by atoms with Crippen LogP contribution >= 0.6 is 15.9 Å². The second kappa shape index (κ2) is 6.33. The average molecular weight is 342 g/mol. The van der Waals surface area contributed by atoms with Gasteiger partial charge in [0.1, 0.15) is 12.4 Å². The predicted octanol–water partition coefficient (Wildman–Crippen LogP) is 4.33. The molecule has 2 nitrogen and oxygen atoms in total. The first-order chi connectivity index (χ1) is 9.47. The first-order valence-electron chi connectivity index (χ1n) is 6.09. The van der Waals surface area contributed by atoms with E-state index in [0.29, 0.717) is 10.0 Å². The predicted molar refractivity (Wildman–Crippen MR) is 77.4 cm³/mol. The third-order valence-electron chi connectivity index (χ3n) is 2.86. The summed E-state index contributed by atoms with van der Waals surface area (Å²) >= 11 is 3.09. The van der Waals surface area contributed by atoms with Crippen molar-refractivity contribution in [3.8, 4) is 5.75 Å². The maximum Gasteiger partial charge on any atom is 0.165 e. The fourth-order valence-electron chi connectivity index (χ4n) is 1.71. The molecule has 0 aliphatic carbocycles. The second-order valence-corrected chi connectivity index (χ2v) is 5.37. The van der Waals surface area contributed by atoms with Gasteiger partial charge in [-0.15, -0.1) is 0 Å². The molecule has 0 spiro atoms. The van der Waals surface area contributed by atoms with E-state index in [-0.39, 0.29) is 24.2 Å². The lowest BCUT2D eigenvalue weighted by Crippen LogP contribution is -2.06. The molecule has 1 atom stereocenters. The highest BCUT2D eigenvalue weighted by Crippen LogP contribution is 2.23. The molecular weight excluding hydrogens is 328 g/mol. The molecule has 0 aliphatic rings. The summed E-state index contributed by atoms with van der Waals surface area (Å²) in [5, 5.41) is 0. The number of rotatable bonds is 4. The van der Waals surface area contributed by atoms with Gasteiger partial charge in [-0.05, 0) is 58.2 Å². The summed E-state index contributed by atoms with van der Waals surface area (Å²) in [4.78, 5) is 0. The molecule has 20 heavy (non-hydrogen) atoms. The van der Waals surface area contributed by atoms with Crippen molar-refractivity contribution in [3.05, 3.63) is 63.6 Å². The Morgan fingerprint density at radius 1 is 1.15 bits per heavy atom. The van der Waals surface area contributed by atoms with Crippen LogP contribution in [0.1, 0.15) is 24.1 Å². The van der Waals surface area contributed by atoms with Crippen LogP contribution in [-0.2, 0) is 6.61 Å². The molecule has 0 aromatic heterocycles. The lowest BCUT2D eigenvalue weighted by Gasteiger charge is -2.10. The molecule has 0 heterocycles. The van der Waals surface area contributed by atoms with E-state index in [0.717, 1.165) is 5.56 Å². The summed E-state index contributed by atoms with van der Waals surface area (Å²) in [6.45, 7) is 1.94. The molecule has 2 aromatic rings. The number of benzene rings is 2. The fraction of sp³-hybridized carbons (Fsp3) is 0.200. The van der Waals surface area contributed by atoms with Gasteiger partial charge in [0.25, 0.3) is 0 Å². The minimum Gasteiger partial charge on any atom is -0.486 e. The van der Waals surface area contributed by atoms with Crippen molar-refractivity contribution in [1.29, 1.82) is 0 Å². The first-order valence-corrected chi connectivity index (χ1v) is 6.88. The first kappa shape index (κ1) is 14.9. The van der Waals surface area contributed by atoms with Gasteiger partial charge in [-0.1, -0.05) is 12.1 Å². The molecule has 0 bridgehead atoms. The maximum atomic E-state index is 13.8. The molecular formula is C15H14BrF2NO. The van der Waals surface area contributed by atoms with Crippen LogP contribution in [0.5, 0.6) is 5.75 Å². The van der Waals surface area contributed by atoms with Gasteiger partial charge in [0.15, 0.2) is 11.6 Å². The van der Waals surface area contributed by atoms with Crippen LogP contribution in [0.25, 0.3) is 0 Å². The largest absolute Gasteiger partial charge is 0.486 e. The molecule has 1 unspecified atom stereocenters. The van der Waals surface area contributed by atoms with Crippen molar-refractivity contribution in [2.75, 3.05) is 0 Å². The SMILES string of the molecule is CC(N)c1ccc(OCc2ccc(F)c(Br)c2)c(F)c1. The summed E-state index contributed by atoms with van der Waals surface area (Å²) < 4.78 is 32.6. The molecule has 106 valence electrons. The highest BCUT2D eigenvalue weighted by Gasteiger charge is 2.08. The third-order valence-corrected chi connectivity index (χ3v) is 3.47. The Morgan fingerprint density at radius 2 is 1.90 bits per heavy atom. The average Bonchev–Trinajstić information content (AvgIpc) is 2.41. The lowest BCUT2D eigenvalue weighted by molar-refractivity contribution is 0.290. The van der Waals surface area contributed by atoms with Crippen molar-refractivity contribution in [3.63, 3.8) is 0 Å². The van der Waals surface area contributed by atoms with E-state index in [1.807, 2.05) is 0 Å². The minimum absolute atomic E-state index is 0.148. The van der Waals surface area contributed by atoms with E-state index >= 15 is 0 Å². The molecule has 0 radical (unpaired) electrons. The zero-order chi connectivity index (χ0) is 14.7. The highest BCUT2D eigenvalue weighted by molar-refractivity contribution is 9.10. The van der Waals surface area contributed by atoms with Gasteiger partial charge in [0.05, 0.1) is 4.47 Å². The second-order valence-electron chi connectivity index (χ2n) is 4.52. The van der Waals surface area contributed by atoms with Crippen LogP contribution in [0.3, 0.4) is 0 Å². The number of hydrogen-bond donors (Lipinski definition) is 1. The monoisotopic (exact) mass is 341 g/mol. The van der Waals surface area contributed by atoms with E-state index in [1.54, 1.807) is 31.2 Å². The van der Waals surface area contributed by atoms with Crippen LogP contribution in [0.4, 0.5) is 8.78 Å². The summed E-state index contributed by atoms with van der Waals surface area (Å²) in [6, 6.07) is 8.93. The number of halogens is 3. The third kappa shape index (κ3) is 3.55. The highest BCUT2D eigenvalue weighted by atomic mass is 79.9. The number of ether oxygens (including phenoxy) is 1. The normalized spacial score (nSPS) is 12.2. The summed E-state index contributed by atoms with van der Waals surface area (Å²) in [6.07, 6.45) is 0. The van der Waals surface area contributed by atoms with Gasteiger partial charge in [0.2, 0.25) is 0 Å². The zero-order valence-corrected chi connectivity index (χ0v) is 12.5. The standard InChI is InChI=1S/C15H14BrF2NO/c1-9(19)11-3-5-15(14(18)7-11)20-8-10-2-4-13(17)12(16)6-10/h2-7,9H,8,19H2,1H3. The van der Waals surface area contributed by atoms with Crippen LogP contribution in [0.2, 0.25) is 0 Å². The molecule has 2 rings (SSSR count).